The zero-order chi connectivity index (χ0) is 18.5. The minimum Gasteiger partial charge on any atom is -0.459 e. The van der Waals surface area contributed by atoms with E-state index in [0.29, 0.717) is 0 Å². The third-order valence-electron chi connectivity index (χ3n) is 2.69. The molecule has 132 valence electrons. The van der Waals surface area contributed by atoms with E-state index in [2.05, 4.69) is 0 Å². The van der Waals surface area contributed by atoms with Gasteiger partial charge in [0.25, 0.3) is 0 Å². The molecule has 0 heterocycles. The lowest BCUT2D eigenvalue weighted by atomic mass is 10.1. The lowest BCUT2D eigenvalue weighted by molar-refractivity contribution is -0.157. The van der Waals surface area contributed by atoms with E-state index in [9.17, 15) is 14.4 Å². The molecule has 0 aliphatic rings. The van der Waals surface area contributed by atoms with Gasteiger partial charge in [0.05, 0.1) is 15.6 Å². The molecule has 0 saturated carbocycles. The molecule has 0 fully saturated rings. The van der Waals surface area contributed by atoms with Crippen LogP contribution in [0.3, 0.4) is 0 Å². The van der Waals surface area contributed by atoms with E-state index in [1.807, 2.05) is 0 Å². The number of carbonyl (C=O) groups is 3. The topological polar surface area (TPSA) is 95.7 Å². The molecule has 0 aliphatic heterocycles. The second kappa shape index (κ2) is 8.46. The van der Waals surface area contributed by atoms with Gasteiger partial charge in [-0.2, -0.15) is 0 Å². The van der Waals surface area contributed by atoms with Crippen molar-refractivity contribution in [1.82, 2.24) is 0 Å². The summed E-state index contributed by atoms with van der Waals surface area (Å²) in [7, 11) is 0. The van der Waals surface area contributed by atoms with Crippen molar-refractivity contribution in [2.75, 3.05) is 6.61 Å². The fraction of sp³-hybridized carbons (Fsp3) is 0.438. The second-order valence-corrected chi connectivity index (χ2v) is 6.87. The van der Waals surface area contributed by atoms with Crippen molar-refractivity contribution >= 4 is 40.9 Å². The highest BCUT2D eigenvalue weighted by Crippen LogP contribution is 2.24. The molecule has 0 spiro atoms. The van der Waals surface area contributed by atoms with Crippen molar-refractivity contribution in [3.8, 4) is 0 Å². The predicted octanol–water partition coefficient (Wildman–Crippen LogP) is 2.78. The normalized spacial score (nSPS) is 12.4. The van der Waals surface area contributed by atoms with E-state index < -0.39 is 36.0 Å². The molecule has 1 unspecified atom stereocenters. The van der Waals surface area contributed by atoms with Gasteiger partial charge in [-0.25, -0.2) is 4.79 Å². The first-order chi connectivity index (χ1) is 11.0. The average molecular weight is 376 g/mol. The number of ether oxygens (including phenoxy) is 2. The molecule has 0 radical (unpaired) electrons. The molecule has 2 N–H and O–H groups in total. The number of hydrogen-bond acceptors (Lipinski definition) is 6. The monoisotopic (exact) mass is 375 g/mol. The Morgan fingerprint density at radius 2 is 1.71 bits per heavy atom. The van der Waals surface area contributed by atoms with Gasteiger partial charge >= 0.3 is 11.9 Å². The highest BCUT2D eigenvalue weighted by molar-refractivity contribution is 6.39. The Balaban J connectivity index is 2.54. The average Bonchev–Trinajstić information content (AvgIpc) is 2.43. The van der Waals surface area contributed by atoms with Gasteiger partial charge in [-0.1, -0.05) is 29.3 Å². The Morgan fingerprint density at radius 1 is 1.17 bits per heavy atom. The van der Waals surface area contributed by atoms with Gasteiger partial charge in [0.2, 0.25) is 0 Å². The maximum Gasteiger partial charge on any atom is 0.341 e. The van der Waals surface area contributed by atoms with Crippen LogP contribution < -0.4 is 5.73 Å². The van der Waals surface area contributed by atoms with Crippen LogP contribution in [0.25, 0.3) is 0 Å². The Labute approximate surface area is 150 Å². The highest BCUT2D eigenvalue weighted by Gasteiger charge is 2.25. The Kier molecular flexibility index (Phi) is 7.20. The molecular formula is C16H19Cl2NO5. The third kappa shape index (κ3) is 6.47. The van der Waals surface area contributed by atoms with E-state index in [4.69, 9.17) is 38.4 Å². The number of esters is 2. The number of benzene rings is 1. The molecule has 0 aliphatic carbocycles. The fourth-order valence-corrected chi connectivity index (χ4v) is 2.23. The summed E-state index contributed by atoms with van der Waals surface area (Å²) >= 11 is 11.8. The Morgan fingerprint density at radius 3 is 2.21 bits per heavy atom. The van der Waals surface area contributed by atoms with Crippen molar-refractivity contribution < 1.29 is 23.9 Å². The molecule has 1 atom stereocenters. The van der Waals surface area contributed by atoms with Crippen molar-refractivity contribution in [2.45, 2.75) is 38.8 Å². The smallest absolute Gasteiger partial charge is 0.341 e. The van der Waals surface area contributed by atoms with Crippen LogP contribution in [-0.2, 0) is 19.1 Å². The van der Waals surface area contributed by atoms with Gasteiger partial charge in [0, 0.05) is 6.42 Å². The zero-order valence-corrected chi connectivity index (χ0v) is 15.1. The fourth-order valence-electron chi connectivity index (χ4n) is 1.68. The molecule has 0 bridgehead atoms. The number of rotatable bonds is 6. The minimum absolute atomic E-state index is 0.0231. The molecule has 0 saturated heterocycles. The van der Waals surface area contributed by atoms with Gasteiger partial charge in [-0.05, 0) is 32.9 Å². The molecule has 1 rings (SSSR count). The predicted molar refractivity (Wildman–Crippen MR) is 90.2 cm³/mol. The van der Waals surface area contributed by atoms with Crippen LogP contribution in [0.1, 0.15) is 37.6 Å². The second-order valence-electron chi connectivity index (χ2n) is 6.06. The van der Waals surface area contributed by atoms with Crippen LogP contribution in [0.4, 0.5) is 0 Å². The summed E-state index contributed by atoms with van der Waals surface area (Å²) in [6.07, 6.45) is -0.307. The maximum absolute atomic E-state index is 11.9. The van der Waals surface area contributed by atoms with Crippen molar-refractivity contribution in [1.29, 1.82) is 0 Å². The third-order valence-corrected chi connectivity index (χ3v) is 3.32. The summed E-state index contributed by atoms with van der Waals surface area (Å²) in [6, 6.07) is 3.40. The molecule has 24 heavy (non-hydrogen) atoms. The van der Waals surface area contributed by atoms with Crippen LogP contribution >= 0.6 is 23.2 Å². The number of hydrogen-bond donors (Lipinski definition) is 1. The van der Waals surface area contributed by atoms with Crippen LogP contribution in [0.2, 0.25) is 10.0 Å². The first kappa shape index (κ1) is 20.4. The first-order valence-corrected chi connectivity index (χ1v) is 7.88. The molecule has 0 amide bonds. The van der Waals surface area contributed by atoms with Crippen molar-refractivity contribution in [3.63, 3.8) is 0 Å². The van der Waals surface area contributed by atoms with Crippen LogP contribution in [0.15, 0.2) is 18.2 Å². The summed E-state index contributed by atoms with van der Waals surface area (Å²) in [5, 5.41) is 0.232. The van der Waals surface area contributed by atoms with Crippen molar-refractivity contribution in [2.24, 2.45) is 5.73 Å². The van der Waals surface area contributed by atoms with E-state index in [1.54, 1.807) is 26.8 Å². The van der Waals surface area contributed by atoms with Gasteiger partial charge in [-0.3, -0.25) is 9.59 Å². The molecule has 1 aromatic carbocycles. The molecule has 6 nitrogen and oxygen atoms in total. The molecule has 8 heteroatoms. The quantitative estimate of drug-likeness (QED) is 0.767. The van der Waals surface area contributed by atoms with Gasteiger partial charge in [0.1, 0.15) is 18.2 Å². The maximum atomic E-state index is 11.9. The number of ketones is 1. The SMILES string of the molecule is CC(C)(C)OC(=O)C(N)CC(=O)COC(=O)c1c(Cl)cccc1Cl. The van der Waals surface area contributed by atoms with Crippen LogP contribution in [-0.4, -0.2) is 36.0 Å². The number of carbonyl (C=O) groups excluding carboxylic acids is 3. The van der Waals surface area contributed by atoms with Crippen LogP contribution in [0.5, 0.6) is 0 Å². The summed E-state index contributed by atoms with van der Waals surface area (Å²) in [5.74, 6) is -2.05. The number of Topliss-reactive ketones (excluding diaryl/α,β-unsaturated/α-hetero) is 1. The number of halogens is 2. The summed E-state index contributed by atoms with van der Waals surface area (Å²) < 4.78 is 9.94. The minimum atomic E-state index is -1.13. The molecular weight excluding hydrogens is 357 g/mol. The Bertz CT molecular complexity index is 620. The highest BCUT2D eigenvalue weighted by atomic mass is 35.5. The Hall–Kier alpha value is -1.63. The number of nitrogens with two attached hydrogens (primary N) is 1. The molecule has 1 aromatic rings. The lowest BCUT2D eigenvalue weighted by Gasteiger charge is -2.21. The first-order valence-electron chi connectivity index (χ1n) is 7.12. The summed E-state index contributed by atoms with van der Waals surface area (Å²) in [4.78, 5) is 35.4. The summed E-state index contributed by atoms with van der Waals surface area (Å²) in [5.41, 5.74) is 4.89. The summed E-state index contributed by atoms with van der Waals surface area (Å²) in [6.45, 7) is 4.52. The largest absolute Gasteiger partial charge is 0.459 e. The lowest BCUT2D eigenvalue weighted by Crippen LogP contribution is -2.39. The van der Waals surface area contributed by atoms with Gasteiger partial charge < -0.3 is 15.2 Å². The van der Waals surface area contributed by atoms with E-state index >= 15 is 0 Å². The van der Waals surface area contributed by atoms with E-state index in [-0.39, 0.29) is 22.0 Å². The van der Waals surface area contributed by atoms with Gasteiger partial charge in [-0.15, -0.1) is 0 Å². The van der Waals surface area contributed by atoms with E-state index in [1.165, 1.54) is 12.1 Å². The van der Waals surface area contributed by atoms with Gasteiger partial charge in [0.15, 0.2) is 5.78 Å². The van der Waals surface area contributed by atoms with Crippen LogP contribution in [0, 0.1) is 0 Å². The zero-order valence-electron chi connectivity index (χ0n) is 13.6. The molecule has 0 aromatic heterocycles. The van der Waals surface area contributed by atoms with Crippen molar-refractivity contribution in [3.05, 3.63) is 33.8 Å². The standard InChI is InChI=1S/C16H19Cl2NO5/c1-16(2,3)24-14(21)12(19)7-9(20)8-23-15(22)13-10(17)5-4-6-11(13)18/h4-6,12H,7-8,19H2,1-3H3. The van der Waals surface area contributed by atoms with E-state index in [0.717, 1.165) is 0 Å².